The molecule has 21 heavy (non-hydrogen) atoms. The molecule has 0 aliphatic carbocycles. The fraction of sp³-hybridized carbons (Fsp3) is 0.375. The summed E-state index contributed by atoms with van der Waals surface area (Å²) >= 11 is 0. The van der Waals surface area contributed by atoms with Crippen molar-refractivity contribution >= 4 is 5.91 Å². The Kier molecular flexibility index (Phi) is 4.43. The molecule has 2 rings (SSSR count). The van der Waals surface area contributed by atoms with Gasteiger partial charge in [0.25, 0.3) is 0 Å². The Balaban J connectivity index is 1.96. The maximum Gasteiger partial charge on any atom is 0.237 e. The first-order valence-corrected chi connectivity index (χ1v) is 6.91. The van der Waals surface area contributed by atoms with Crippen molar-refractivity contribution in [3.8, 4) is 11.5 Å². The molecule has 0 saturated heterocycles. The second-order valence-electron chi connectivity index (χ2n) is 6.07. The van der Waals surface area contributed by atoms with Crippen LogP contribution in [0.5, 0.6) is 0 Å². The molecule has 0 spiro atoms. The molecule has 1 aromatic carbocycles. The van der Waals surface area contributed by atoms with Gasteiger partial charge in [-0.25, -0.2) is 4.98 Å². The Morgan fingerprint density at radius 3 is 2.62 bits per heavy atom. The quantitative estimate of drug-likeness (QED) is 0.904. The number of nitrogens with zero attached hydrogens (tertiary/aromatic N) is 1. The van der Waals surface area contributed by atoms with E-state index in [0.29, 0.717) is 18.1 Å². The molecule has 5 nitrogen and oxygen atoms in total. The molecular formula is C16H21N3O2. The molecule has 1 atom stereocenters. The fourth-order valence-electron chi connectivity index (χ4n) is 1.78. The number of oxazole rings is 1. The van der Waals surface area contributed by atoms with Crippen molar-refractivity contribution in [2.75, 3.05) is 0 Å². The number of benzene rings is 1. The van der Waals surface area contributed by atoms with Crippen LogP contribution in [0.3, 0.4) is 0 Å². The summed E-state index contributed by atoms with van der Waals surface area (Å²) in [7, 11) is 0. The summed E-state index contributed by atoms with van der Waals surface area (Å²) in [6.45, 7) is 6.10. The molecule has 112 valence electrons. The molecule has 0 radical (unpaired) electrons. The van der Waals surface area contributed by atoms with Crippen LogP contribution in [0.25, 0.3) is 11.5 Å². The smallest absolute Gasteiger partial charge is 0.237 e. The Bertz CT molecular complexity index is 599. The summed E-state index contributed by atoms with van der Waals surface area (Å²) in [5.74, 6) is 0.353. The highest BCUT2D eigenvalue weighted by molar-refractivity contribution is 5.82. The van der Waals surface area contributed by atoms with Crippen molar-refractivity contribution in [3.63, 3.8) is 0 Å². The van der Waals surface area contributed by atoms with Crippen LogP contribution in [0.15, 0.2) is 41.0 Å². The largest absolute Gasteiger partial charge is 0.444 e. The van der Waals surface area contributed by atoms with Gasteiger partial charge in [-0.2, -0.15) is 0 Å². The third kappa shape index (κ3) is 3.92. The third-order valence-electron chi connectivity index (χ3n) is 3.23. The average Bonchev–Trinajstić information content (AvgIpc) is 2.93. The van der Waals surface area contributed by atoms with E-state index in [9.17, 15) is 4.79 Å². The number of rotatable bonds is 4. The molecule has 5 heteroatoms. The molecule has 0 bridgehead atoms. The normalized spacial score (nSPS) is 13.0. The van der Waals surface area contributed by atoms with Crippen LogP contribution in [-0.4, -0.2) is 16.9 Å². The SMILES string of the molecule is CC(C)(C)[C@H](N)C(=O)NCc1coc(-c2ccccc2)n1. The molecule has 3 N–H and O–H groups in total. The van der Waals surface area contributed by atoms with Gasteiger partial charge in [-0.05, 0) is 17.5 Å². The zero-order valence-corrected chi connectivity index (χ0v) is 12.6. The molecule has 1 amide bonds. The molecule has 0 fully saturated rings. The number of amides is 1. The first-order valence-electron chi connectivity index (χ1n) is 6.91. The Hall–Kier alpha value is -2.14. The molecule has 0 aliphatic heterocycles. The van der Waals surface area contributed by atoms with Crippen molar-refractivity contribution in [3.05, 3.63) is 42.3 Å². The van der Waals surface area contributed by atoms with Gasteiger partial charge in [-0.15, -0.1) is 0 Å². The number of hydrogen-bond acceptors (Lipinski definition) is 4. The van der Waals surface area contributed by atoms with Gasteiger partial charge in [-0.3, -0.25) is 4.79 Å². The van der Waals surface area contributed by atoms with Crippen molar-refractivity contribution in [2.45, 2.75) is 33.4 Å². The molecule has 0 aliphatic rings. The molecule has 0 saturated carbocycles. The van der Waals surface area contributed by atoms with E-state index in [1.165, 1.54) is 0 Å². The second-order valence-corrected chi connectivity index (χ2v) is 6.07. The minimum Gasteiger partial charge on any atom is -0.444 e. The van der Waals surface area contributed by atoms with E-state index in [0.717, 1.165) is 5.56 Å². The van der Waals surface area contributed by atoms with Gasteiger partial charge < -0.3 is 15.5 Å². The van der Waals surface area contributed by atoms with E-state index in [4.69, 9.17) is 10.2 Å². The minimum atomic E-state index is -0.557. The highest BCUT2D eigenvalue weighted by Gasteiger charge is 2.27. The van der Waals surface area contributed by atoms with Gasteiger partial charge in [0.05, 0.1) is 18.3 Å². The lowest BCUT2D eigenvalue weighted by Crippen LogP contribution is -2.48. The highest BCUT2D eigenvalue weighted by Crippen LogP contribution is 2.19. The lowest BCUT2D eigenvalue weighted by molar-refractivity contribution is -0.124. The summed E-state index contributed by atoms with van der Waals surface area (Å²) in [5, 5.41) is 2.78. The van der Waals surface area contributed by atoms with Crippen LogP contribution >= 0.6 is 0 Å². The number of carbonyl (C=O) groups excluding carboxylic acids is 1. The van der Waals surface area contributed by atoms with Gasteiger partial charge in [0, 0.05) is 5.56 Å². The Labute approximate surface area is 124 Å². The van der Waals surface area contributed by atoms with E-state index in [1.807, 2.05) is 51.1 Å². The maximum atomic E-state index is 11.9. The van der Waals surface area contributed by atoms with Crippen LogP contribution in [-0.2, 0) is 11.3 Å². The first kappa shape index (κ1) is 15.3. The summed E-state index contributed by atoms with van der Waals surface area (Å²) in [6.07, 6.45) is 1.55. The average molecular weight is 287 g/mol. The first-order chi connectivity index (χ1) is 9.88. The van der Waals surface area contributed by atoms with Gasteiger partial charge in [0.15, 0.2) is 0 Å². The Morgan fingerprint density at radius 2 is 2.00 bits per heavy atom. The predicted molar refractivity (Wildman–Crippen MR) is 81.2 cm³/mol. The van der Waals surface area contributed by atoms with E-state index >= 15 is 0 Å². The zero-order valence-electron chi connectivity index (χ0n) is 12.6. The summed E-state index contributed by atoms with van der Waals surface area (Å²) in [5.41, 5.74) is 7.20. The van der Waals surface area contributed by atoms with Crippen LogP contribution in [0.1, 0.15) is 26.5 Å². The number of hydrogen-bond donors (Lipinski definition) is 2. The monoisotopic (exact) mass is 287 g/mol. The predicted octanol–water partition coefficient (Wildman–Crippen LogP) is 2.33. The maximum absolute atomic E-state index is 11.9. The third-order valence-corrected chi connectivity index (χ3v) is 3.23. The van der Waals surface area contributed by atoms with Crippen molar-refractivity contribution in [2.24, 2.45) is 11.1 Å². The molecular weight excluding hydrogens is 266 g/mol. The van der Waals surface area contributed by atoms with Crippen LogP contribution in [0.2, 0.25) is 0 Å². The number of nitrogens with one attached hydrogen (secondary N) is 1. The fourth-order valence-corrected chi connectivity index (χ4v) is 1.78. The number of nitrogens with two attached hydrogens (primary N) is 1. The van der Waals surface area contributed by atoms with E-state index in [2.05, 4.69) is 10.3 Å². The molecule has 2 aromatic rings. The van der Waals surface area contributed by atoms with Crippen LogP contribution in [0, 0.1) is 5.41 Å². The zero-order chi connectivity index (χ0) is 15.5. The van der Waals surface area contributed by atoms with Crippen molar-refractivity contribution < 1.29 is 9.21 Å². The van der Waals surface area contributed by atoms with Gasteiger partial charge in [0.1, 0.15) is 6.26 Å². The van der Waals surface area contributed by atoms with E-state index in [1.54, 1.807) is 6.26 Å². The van der Waals surface area contributed by atoms with E-state index < -0.39 is 6.04 Å². The standard InChI is InChI=1S/C16H21N3O2/c1-16(2,3)13(17)14(20)18-9-12-10-21-15(19-12)11-7-5-4-6-8-11/h4-8,10,13H,9,17H2,1-3H3,(H,18,20)/t13-/m1/s1. The van der Waals surface area contributed by atoms with Crippen LogP contribution < -0.4 is 11.1 Å². The highest BCUT2D eigenvalue weighted by atomic mass is 16.3. The van der Waals surface area contributed by atoms with Crippen molar-refractivity contribution in [1.82, 2.24) is 10.3 Å². The van der Waals surface area contributed by atoms with Gasteiger partial charge in [-0.1, -0.05) is 39.0 Å². The lowest BCUT2D eigenvalue weighted by Gasteiger charge is -2.25. The van der Waals surface area contributed by atoms with E-state index in [-0.39, 0.29) is 11.3 Å². The minimum absolute atomic E-state index is 0.188. The number of carbonyl (C=O) groups is 1. The second kappa shape index (κ2) is 6.10. The van der Waals surface area contributed by atoms with Gasteiger partial charge >= 0.3 is 0 Å². The molecule has 0 unspecified atom stereocenters. The molecule has 1 heterocycles. The summed E-state index contributed by atoms with van der Waals surface area (Å²) in [4.78, 5) is 16.3. The summed E-state index contributed by atoms with van der Waals surface area (Å²) in [6, 6.07) is 9.06. The summed E-state index contributed by atoms with van der Waals surface area (Å²) < 4.78 is 5.42. The molecule has 1 aromatic heterocycles. The van der Waals surface area contributed by atoms with Crippen LogP contribution in [0.4, 0.5) is 0 Å². The lowest BCUT2D eigenvalue weighted by atomic mass is 9.87. The van der Waals surface area contributed by atoms with Crippen molar-refractivity contribution in [1.29, 1.82) is 0 Å². The van der Waals surface area contributed by atoms with Gasteiger partial charge in [0.2, 0.25) is 11.8 Å². The topological polar surface area (TPSA) is 81.2 Å². The Morgan fingerprint density at radius 1 is 1.33 bits per heavy atom. The number of aromatic nitrogens is 1.